The van der Waals surface area contributed by atoms with Crippen LogP contribution in [-0.2, 0) is 6.42 Å². The van der Waals surface area contributed by atoms with Crippen LogP contribution in [0.5, 0.6) is 0 Å². The van der Waals surface area contributed by atoms with Crippen LogP contribution in [0.15, 0.2) is 35.6 Å². The highest BCUT2D eigenvalue weighted by Gasteiger charge is 2.02. The Bertz CT molecular complexity index is 712. The lowest BCUT2D eigenvalue weighted by atomic mass is 10.2. The third kappa shape index (κ3) is 8.11. The summed E-state index contributed by atoms with van der Waals surface area (Å²) in [5.74, 6) is 1.32. The molecule has 0 amide bonds. The fraction of sp³-hybridized carbons (Fsp3) is 0.312. The lowest BCUT2D eigenvalue weighted by molar-refractivity contribution is 0.796. The normalized spacial score (nSPS) is 10.8. The van der Waals surface area contributed by atoms with Crippen LogP contribution in [0.25, 0.3) is 0 Å². The summed E-state index contributed by atoms with van der Waals surface area (Å²) in [6, 6.07) is 5.39. The number of halogens is 4. The number of hydrogen-bond donors (Lipinski definition) is 3. The van der Waals surface area contributed by atoms with Crippen LogP contribution in [-0.4, -0.2) is 42.6 Å². The Balaban J connectivity index is 0.00000338. The fourth-order valence-corrected chi connectivity index (χ4v) is 2.57. The maximum Gasteiger partial charge on any atom is 0.191 e. The molecule has 0 unspecified atom stereocenters. The number of aliphatic imine (C=N–C) groups is 1. The van der Waals surface area contributed by atoms with Crippen LogP contribution < -0.4 is 16.0 Å². The number of hydrogen-bond acceptors (Lipinski definition) is 4. The van der Waals surface area contributed by atoms with Gasteiger partial charge in [0.1, 0.15) is 11.0 Å². The largest absolute Gasteiger partial charge is 0.367 e. The van der Waals surface area contributed by atoms with E-state index in [1.165, 1.54) is 0 Å². The molecule has 0 aliphatic heterocycles. The van der Waals surface area contributed by atoms with E-state index in [9.17, 15) is 0 Å². The Hall–Kier alpha value is -1.03. The number of rotatable bonds is 7. The third-order valence-corrected chi connectivity index (χ3v) is 3.95. The first-order valence-electron chi connectivity index (χ1n) is 7.68. The second kappa shape index (κ2) is 12.4. The summed E-state index contributed by atoms with van der Waals surface area (Å²) in [6.07, 6.45) is 4.15. The molecule has 0 aromatic carbocycles. The molecule has 3 N–H and O–H groups in total. The predicted octanol–water partition coefficient (Wildman–Crippen LogP) is 3.87. The van der Waals surface area contributed by atoms with E-state index in [4.69, 9.17) is 34.8 Å². The molecule has 0 spiro atoms. The molecule has 0 saturated heterocycles. The minimum Gasteiger partial charge on any atom is -0.367 e. The lowest BCUT2D eigenvalue weighted by Gasteiger charge is -2.13. The number of nitrogens with one attached hydrogen (secondary N) is 3. The van der Waals surface area contributed by atoms with Crippen molar-refractivity contribution in [1.29, 1.82) is 0 Å². The summed E-state index contributed by atoms with van der Waals surface area (Å²) in [5.41, 5.74) is 1.11. The van der Waals surface area contributed by atoms with Gasteiger partial charge in [0.05, 0.1) is 10.0 Å². The molecule has 6 nitrogen and oxygen atoms in total. The van der Waals surface area contributed by atoms with Crippen LogP contribution in [0, 0.1) is 0 Å². The third-order valence-electron chi connectivity index (χ3n) is 3.24. The first-order valence-corrected chi connectivity index (χ1v) is 8.81. The van der Waals surface area contributed by atoms with Gasteiger partial charge in [-0.25, -0.2) is 9.97 Å². The highest BCUT2D eigenvalue weighted by atomic mass is 127. The molecule has 0 fully saturated rings. The van der Waals surface area contributed by atoms with Gasteiger partial charge < -0.3 is 16.0 Å². The maximum atomic E-state index is 6.06. The van der Waals surface area contributed by atoms with Gasteiger partial charge in [-0.1, -0.05) is 40.9 Å². The van der Waals surface area contributed by atoms with E-state index < -0.39 is 0 Å². The number of nitrogens with zero attached hydrogens (tertiary/aromatic N) is 3. The van der Waals surface area contributed by atoms with Crippen molar-refractivity contribution in [2.45, 2.75) is 6.42 Å². The molecule has 0 atom stereocenters. The summed E-state index contributed by atoms with van der Waals surface area (Å²) in [6.45, 7) is 2.03. The molecule has 2 heterocycles. The second-order valence-corrected chi connectivity index (χ2v) is 6.31. The highest BCUT2D eigenvalue weighted by Crippen LogP contribution is 2.21. The molecule has 2 aromatic heterocycles. The summed E-state index contributed by atoms with van der Waals surface area (Å²) < 4.78 is 0. The van der Waals surface area contributed by atoms with Gasteiger partial charge in [0.2, 0.25) is 0 Å². The van der Waals surface area contributed by atoms with Crippen LogP contribution in [0.1, 0.15) is 5.56 Å². The van der Waals surface area contributed by atoms with Gasteiger partial charge >= 0.3 is 0 Å². The molecule has 142 valence electrons. The molecule has 0 saturated carbocycles. The molecular weight excluding hydrogens is 509 g/mol. The molecule has 0 radical (unpaired) electrons. The van der Waals surface area contributed by atoms with Gasteiger partial charge in [-0.2, -0.15) is 0 Å². The van der Waals surface area contributed by atoms with Crippen molar-refractivity contribution in [3.63, 3.8) is 0 Å². The van der Waals surface area contributed by atoms with Gasteiger partial charge in [0, 0.05) is 39.1 Å². The van der Waals surface area contributed by atoms with Gasteiger partial charge in [0.25, 0.3) is 0 Å². The molecule has 10 heteroatoms. The van der Waals surface area contributed by atoms with Crippen molar-refractivity contribution in [2.75, 3.05) is 32.0 Å². The van der Waals surface area contributed by atoms with Gasteiger partial charge in [-0.3, -0.25) is 4.99 Å². The molecular formula is C16H20Cl3IN6. The van der Waals surface area contributed by atoms with Crippen LogP contribution in [0.3, 0.4) is 0 Å². The first-order chi connectivity index (χ1) is 12.1. The number of guanidine groups is 1. The molecule has 2 aromatic rings. The van der Waals surface area contributed by atoms with Crippen LogP contribution in [0.4, 0.5) is 5.82 Å². The molecule has 2 rings (SSSR count). The highest BCUT2D eigenvalue weighted by molar-refractivity contribution is 14.0. The van der Waals surface area contributed by atoms with Gasteiger partial charge in [-0.05, 0) is 24.1 Å². The zero-order chi connectivity index (χ0) is 18.1. The van der Waals surface area contributed by atoms with E-state index >= 15 is 0 Å². The minimum atomic E-state index is 0. The summed E-state index contributed by atoms with van der Waals surface area (Å²) in [7, 11) is 1.73. The average molecular weight is 530 g/mol. The first kappa shape index (κ1) is 23.0. The zero-order valence-corrected chi connectivity index (χ0v) is 18.7. The number of anilines is 1. The Morgan fingerprint density at radius 1 is 1.04 bits per heavy atom. The quantitative estimate of drug-likeness (QED) is 0.167. The minimum absolute atomic E-state index is 0. The fourth-order valence-electron chi connectivity index (χ4n) is 2.01. The molecule has 26 heavy (non-hydrogen) atoms. The summed E-state index contributed by atoms with van der Waals surface area (Å²) in [5, 5.41) is 11.1. The zero-order valence-electron chi connectivity index (χ0n) is 14.1. The molecule has 0 bridgehead atoms. The average Bonchev–Trinajstić information content (AvgIpc) is 2.60. The standard InChI is InChI=1S/C16H19Cl3N6.HI/c1-20-16(22-5-4-11-2-3-14(19)24-9-11)23-7-6-21-15-13(18)8-12(17)10-25-15;/h2-3,8-10H,4-7H2,1H3,(H,21,25)(H2,20,22,23);1H. The van der Waals surface area contributed by atoms with Crippen molar-refractivity contribution >= 4 is 70.6 Å². The smallest absolute Gasteiger partial charge is 0.191 e. The van der Waals surface area contributed by atoms with Crippen molar-refractivity contribution < 1.29 is 0 Å². The topological polar surface area (TPSA) is 74.2 Å². The second-order valence-electron chi connectivity index (χ2n) is 5.08. The van der Waals surface area contributed by atoms with Crippen LogP contribution >= 0.6 is 58.8 Å². The Morgan fingerprint density at radius 2 is 1.81 bits per heavy atom. The van der Waals surface area contributed by atoms with E-state index in [2.05, 4.69) is 30.9 Å². The molecule has 0 aliphatic rings. The summed E-state index contributed by atoms with van der Waals surface area (Å²) in [4.78, 5) is 12.4. The van der Waals surface area contributed by atoms with E-state index in [-0.39, 0.29) is 24.0 Å². The Morgan fingerprint density at radius 3 is 2.46 bits per heavy atom. The van der Waals surface area contributed by atoms with E-state index in [1.807, 2.05) is 6.07 Å². The van der Waals surface area contributed by atoms with Crippen molar-refractivity contribution in [1.82, 2.24) is 20.6 Å². The monoisotopic (exact) mass is 528 g/mol. The van der Waals surface area contributed by atoms with Gasteiger partial charge in [-0.15, -0.1) is 24.0 Å². The SMILES string of the molecule is CN=C(NCCNc1ncc(Cl)cc1Cl)NCCc1ccc(Cl)nc1.I. The van der Waals surface area contributed by atoms with E-state index in [0.29, 0.717) is 34.1 Å². The van der Waals surface area contributed by atoms with E-state index in [1.54, 1.807) is 31.6 Å². The maximum absolute atomic E-state index is 6.06. The lowest BCUT2D eigenvalue weighted by Crippen LogP contribution is -2.40. The number of pyridine rings is 2. The number of aromatic nitrogens is 2. The van der Waals surface area contributed by atoms with Crippen molar-refractivity contribution in [2.24, 2.45) is 4.99 Å². The molecule has 0 aliphatic carbocycles. The Labute approximate surface area is 185 Å². The van der Waals surface area contributed by atoms with Gasteiger partial charge in [0.15, 0.2) is 5.96 Å². The van der Waals surface area contributed by atoms with Crippen LogP contribution in [0.2, 0.25) is 15.2 Å². The summed E-state index contributed by atoms with van der Waals surface area (Å²) >= 11 is 17.6. The van der Waals surface area contributed by atoms with Crippen molar-refractivity contribution in [3.8, 4) is 0 Å². The Kier molecular flexibility index (Phi) is 11.0. The predicted molar refractivity (Wildman–Crippen MR) is 120 cm³/mol. The van der Waals surface area contributed by atoms with Crippen molar-refractivity contribution in [3.05, 3.63) is 51.4 Å². The van der Waals surface area contributed by atoms with E-state index in [0.717, 1.165) is 24.5 Å².